The highest BCUT2D eigenvalue weighted by atomic mass is 32.2. The molecule has 0 saturated carbocycles. The zero-order valence-electron chi connectivity index (χ0n) is 23.0. The van der Waals surface area contributed by atoms with E-state index in [1.807, 2.05) is 44.2 Å². The van der Waals surface area contributed by atoms with E-state index in [1.165, 1.54) is 23.5 Å². The van der Waals surface area contributed by atoms with Gasteiger partial charge < -0.3 is 24.1 Å². The van der Waals surface area contributed by atoms with Crippen LogP contribution in [0.15, 0.2) is 59.5 Å². The van der Waals surface area contributed by atoms with E-state index in [2.05, 4.69) is 0 Å². The van der Waals surface area contributed by atoms with Gasteiger partial charge in [0.2, 0.25) is 10.0 Å². The van der Waals surface area contributed by atoms with Crippen LogP contribution in [0.1, 0.15) is 38.7 Å². The number of nitrogens with zero attached hydrogens (tertiary/aromatic N) is 1. The number of hydrogen-bond donors (Lipinski definition) is 1. The van der Waals surface area contributed by atoms with Crippen molar-refractivity contribution >= 4 is 16.0 Å². The molecule has 0 bridgehead atoms. The largest absolute Gasteiger partial charge is 0.497 e. The quantitative estimate of drug-likeness (QED) is 0.368. The van der Waals surface area contributed by atoms with Gasteiger partial charge in [0, 0.05) is 25.6 Å². The average molecular weight is 564 g/mol. The van der Waals surface area contributed by atoms with Crippen molar-refractivity contribution in [2.75, 3.05) is 40.2 Å². The van der Waals surface area contributed by atoms with Crippen LogP contribution < -0.4 is 4.74 Å². The molecule has 1 heterocycles. The number of rotatable bonds is 13. The van der Waals surface area contributed by atoms with E-state index >= 15 is 0 Å². The Labute approximate surface area is 232 Å². The number of hydrogen-bond acceptors (Lipinski definition) is 8. The van der Waals surface area contributed by atoms with Crippen LogP contribution in [0.25, 0.3) is 0 Å². The summed E-state index contributed by atoms with van der Waals surface area (Å²) in [6.45, 7) is 4.86. The number of carbonyl (C=O) groups is 1. The number of ether oxygens (including phenoxy) is 4. The third kappa shape index (κ3) is 9.88. The highest BCUT2D eigenvalue weighted by molar-refractivity contribution is 7.89. The number of sulfonamides is 1. The van der Waals surface area contributed by atoms with Gasteiger partial charge in [0.05, 0.1) is 31.1 Å². The zero-order chi connectivity index (χ0) is 28.3. The normalized spacial score (nSPS) is 18.3. The Kier molecular flexibility index (Phi) is 12.2. The molecule has 1 fully saturated rings. The summed E-state index contributed by atoms with van der Waals surface area (Å²) in [5.41, 5.74) is 0.939. The van der Waals surface area contributed by atoms with Gasteiger partial charge in [0.25, 0.3) is 0 Å². The fourth-order valence-electron chi connectivity index (χ4n) is 4.53. The van der Waals surface area contributed by atoms with Crippen LogP contribution >= 0.6 is 0 Å². The summed E-state index contributed by atoms with van der Waals surface area (Å²) < 4.78 is 50.0. The molecule has 0 amide bonds. The Morgan fingerprint density at radius 1 is 1.08 bits per heavy atom. The van der Waals surface area contributed by atoms with Crippen molar-refractivity contribution in [1.82, 2.24) is 4.31 Å². The van der Waals surface area contributed by atoms with Crippen molar-refractivity contribution in [3.8, 4) is 5.75 Å². The van der Waals surface area contributed by atoms with Crippen molar-refractivity contribution in [3.05, 3.63) is 60.2 Å². The molecule has 2 aromatic carbocycles. The molecule has 39 heavy (non-hydrogen) atoms. The van der Waals surface area contributed by atoms with E-state index in [1.54, 1.807) is 12.1 Å². The molecule has 1 saturated heterocycles. The second-order valence-electron chi connectivity index (χ2n) is 10.3. The molecule has 216 valence electrons. The first kappa shape index (κ1) is 31.0. The highest BCUT2D eigenvalue weighted by Gasteiger charge is 2.32. The van der Waals surface area contributed by atoms with Gasteiger partial charge in [0.1, 0.15) is 18.6 Å². The lowest BCUT2D eigenvalue weighted by Crippen LogP contribution is -2.43. The second kappa shape index (κ2) is 15.3. The van der Waals surface area contributed by atoms with E-state index in [0.717, 1.165) is 12.0 Å². The van der Waals surface area contributed by atoms with Gasteiger partial charge in [-0.1, -0.05) is 44.2 Å². The first-order chi connectivity index (χ1) is 18.7. The lowest BCUT2D eigenvalue weighted by atomic mass is 9.90. The summed E-state index contributed by atoms with van der Waals surface area (Å²) in [6, 6.07) is 15.7. The molecule has 0 aliphatic carbocycles. The zero-order valence-corrected chi connectivity index (χ0v) is 23.8. The van der Waals surface area contributed by atoms with Crippen molar-refractivity contribution in [1.29, 1.82) is 0 Å². The Bertz CT molecular complexity index is 1100. The third-order valence-electron chi connectivity index (χ3n) is 6.55. The smallest absolute Gasteiger partial charge is 0.306 e. The average Bonchev–Trinajstić information content (AvgIpc) is 2.89. The molecule has 2 aromatic rings. The maximum Gasteiger partial charge on any atom is 0.306 e. The molecule has 10 heteroatoms. The molecule has 3 rings (SSSR count). The Morgan fingerprint density at radius 2 is 1.79 bits per heavy atom. The molecule has 0 radical (unpaired) electrons. The minimum atomic E-state index is -3.91. The van der Waals surface area contributed by atoms with Gasteiger partial charge in [0.15, 0.2) is 0 Å². The van der Waals surface area contributed by atoms with Crippen LogP contribution in [-0.2, 0) is 35.4 Å². The summed E-state index contributed by atoms with van der Waals surface area (Å²) >= 11 is 0. The summed E-state index contributed by atoms with van der Waals surface area (Å²) in [5, 5.41) is 11.4. The van der Waals surface area contributed by atoms with E-state index < -0.39 is 28.0 Å². The van der Waals surface area contributed by atoms with Crippen LogP contribution in [0.2, 0.25) is 0 Å². The highest BCUT2D eigenvalue weighted by Crippen LogP contribution is 2.24. The first-order valence-electron chi connectivity index (χ1n) is 13.4. The molecule has 1 N–H and O–H groups in total. The van der Waals surface area contributed by atoms with Gasteiger partial charge in [-0.15, -0.1) is 0 Å². The molecule has 1 aliphatic heterocycles. The molecule has 1 aliphatic rings. The monoisotopic (exact) mass is 563 g/mol. The fraction of sp³-hybridized carbons (Fsp3) is 0.552. The third-order valence-corrected chi connectivity index (χ3v) is 8.40. The van der Waals surface area contributed by atoms with Gasteiger partial charge in [-0.2, -0.15) is 4.31 Å². The summed E-state index contributed by atoms with van der Waals surface area (Å²) in [5.74, 6) is -0.434. The summed E-state index contributed by atoms with van der Waals surface area (Å²) in [6.07, 6.45) is 0.228. The summed E-state index contributed by atoms with van der Waals surface area (Å²) in [4.78, 5) is 13.1. The number of benzene rings is 2. The maximum absolute atomic E-state index is 13.6. The molecule has 0 unspecified atom stereocenters. The van der Waals surface area contributed by atoms with Gasteiger partial charge in [-0.3, -0.25) is 4.79 Å². The Morgan fingerprint density at radius 3 is 2.46 bits per heavy atom. The van der Waals surface area contributed by atoms with Crippen molar-refractivity contribution in [2.24, 2.45) is 11.8 Å². The fourth-order valence-corrected chi connectivity index (χ4v) is 6.15. The van der Waals surface area contributed by atoms with Crippen LogP contribution in [0.3, 0.4) is 0 Å². The predicted octanol–water partition coefficient (Wildman–Crippen LogP) is 3.65. The van der Waals surface area contributed by atoms with Crippen molar-refractivity contribution < 1.29 is 37.3 Å². The van der Waals surface area contributed by atoms with Gasteiger partial charge >= 0.3 is 5.97 Å². The number of esters is 1. The molecule has 9 nitrogen and oxygen atoms in total. The van der Waals surface area contributed by atoms with Crippen LogP contribution in [0.4, 0.5) is 0 Å². The van der Waals surface area contributed by atoms with Crippen LogP contribution in [-0.4, -0.2) is 76.2 Å². The Hall–Kier alpha value is -2.50. The molecular weight excluding hydrogens is 522 g/mol. The predicted molar refractivity (Wildman–Crippen MR) is 147 cm³/mol. The van der Waals surface area contributed by atoms with E-state index in [9.17, 15) is 18.3 Å². The maximum atomic E-state index is 13.6. The minimum absolute atomic E-state index is 0.0195. The van der Waals surface area contributed by atoms with Crippen molar-refractivity contribution in [3.63, 3.8) is 0 Å². The van der Waals surface area contributed by atoms with Crippen molar-refractivity contribution in [2.45, 2.75) is 56.6 Å². The van der Waals surface area contributed by atoms with Gasteiger partial charge in [-0.25, -0.2) is 8.42 Å². The van der Waals surface area contributed by atoms with E-state index in [-0.39, 0.29) is 49.8 Å². The minimum Gasteiger partial charge on any atom is -0.497 e. The topological polar surface area (TPSA) is 112 Å². The van der Waals surface area contributed by atoms with Crippen LogP contribution in [0, 0.1) is 11.8 Å². The van der Waals surface area contributed by atoms with E-state index in [4.69, 9.17) is 18.9 Å². The number of carbonyl (C=O) groups excluding carboxylic acids is 1. The number of methoxy groups -OCH3 is 1. The SMILES string of the molecule is COc1ccc(S(=O)(=O)N(CC(C)C)C[C@@H](O)[C@@H](CC(=O)O[C@@H]2CCCOCOC2)Cc2ccccc2)cc1. The van der Waals surface area contributed by atoms with Crippen LogP contribution in [0.5, 0.6) is 5.75 Å². The second-order valence-corrected chi connectivity index (χ2v) is 12.2. The molecule has 0 spiro atoms. The lowest BCUT2D eigenvalue weighted by Gasteiger charge is -2.30. The Balaban J connectivity index is 1.78. The summed E-state index contributed by atoms with van der Waals surface area (Å²) in [7, 11) is -2.39. The number of aliphatic hydroxyl groups excluding tert-OH is 1. The van der Waals surface area contributed by atoms with Gasteiger partial charge in [-0.05, 0) is 55.0 Å². The molecule has 3 atom stereocenters. The first-order valence-corrected chi connectivity index (χ1v) is 14.8. The number of aliphatic hydroxyl groups is 1. The molecular formula is C29H41NO8S. The lowest BCUT2D eigenvalue weighted by molar-refractivity contribution is -0.161. The van der Waals surface area contributed by atoms with E-state index in [0.29, 0.717) is 25.2 Å². The molecule has 0 aromatic heterocycles. The standard InChI is InChI=1S/C29H41NO8S/c1-22(2)18-30(39(33,34)27-13-11-25(35-3)12-14-27)19-28(31)24(16-23-8-5-4-6-9-23)17-29(32)38-26-10-7-15-36-21-37-20-26/h4-6,8-9,11-14,22,24,26,28,31H,7,10,15-21H2,1-3H3/t24-,26-,28-/m1/s1.